The number of halogens is 3. The molecule has 0 aromatic carbocycles. The Morgan fingerprint density at radius 2 is 2.00 bits per heavy atom. The average molecular weight is 501 g/mol. The van der Waals surface area contributed by atoms with Crippen LogP contribution in [0.2, 0.25) is 10.3 Å². The van der Waals surface area contributed by atoms with Crippen molar-refractivity contribution in [2.75, 3.05) is 16.7 Å². The monoisotopic (exact) mass is 499 g/mol. The van der Waals surface area contributed by atoms with Crippen LogP contribution in [0.5, 0.6) is 0 Å². The molecule has 1 saturated heterocycles. The molecule has 0 aliphatic carbocycles. The highest BCUT2D eigenvalue weighted by Gasteiger charge is 2.54. The number of thioether (sulfide) groups is 3. The highest BCUT2D eigenvalue weighted by Crippen LogP contribution is 2.43. The molecule has 0 spiro atoms. The summed E-state index contributed by atoms with van der Waals surface area (Å²) in [6.07, 6.45) is 0. The average Bonchev–Trinajstić information content (AvgIpc) is 2.63. The summed E-state index contributed by atoms with van der Waals surface area (Å²) in [4.78, 5) is 42.6. The van der Waals surface area contributed by atoms with E-state index >= 15 is 0 Å². The third kappa shape index (κ3) is 4.68. The van der Waals surface area contributed by atoms with Crippen molar-refractivity contribution in [3.8, 4) is 0 Å². The SMILES string of the molecule is O=C(CSc1cc(Cl)nc(Cl)c1)N[C@@H]1C(=O)N2C(C(=O)O)=C(SCCl)CS[C@H]12. The molecule has 2 aliphatic rings. The standard InChI is InChI=1S/C15H12Cl3N3O4S3/c16-5-28-7-3-27-14-11(13(23)21(14)12(7)15(24)25)20-10(22)4-26-6-1-8(17)19-9(18)2-6/h1-2,11,14H,3-5H2,(H,20,22)(H,24,25)/t11-,14-/m1/s1. The van der Waals surface area contributed by atoms with Gasteiger partial charge in [-0.2, -0.15) is 0 Å². The van der Waals surface area contributed by atoms with Crippen LogP contribution in [-0.4, -0.2) is 60.9 Å². The minimum Gasteiger partial charge on any atom is -0.477 e. The first-order valence-electron chi connectivity index (χ1n) is 7.67. The Hall–Kier alpha value is -0.780. The second kappa shape index (κ2) is 9.36. The van der Waals surface area contributed by atoms with E-state index in [0.29, 0.717) is 15.6 Å². The van der Waals surface area contributed by atoms with Gasteiger partial charge in [0.15, 0.2) is 0 Å². The zero-order chi connectivity index (χ0) is 20.4. The summed E-state index contributed by atoms with van der Waals surface area (Å²) >= 11 is 21.1. The number of carbonyl (C=O) groups is 3. The van der Waals surface area contributed by atoms with Crippen LogP contribution in [0, 0.1) is 0 Å². The van der Waals surface area contributed by atoms with Gasteiger partial charge in [-0.3, -0.25) is 14.5 Å². The Morgan fingerprint density at radius 1 is 1.32 bits per heavy atom. The minimum atomic E-state index is -1.18. The molecule has 2 amide bonds. The van der Waals surface area contributed by atoms with Crippen LogP contribution < -0.4 is 5.32 Å². The molecule has 1 fully saturated rings. The number of hydrogen-bond donors (Lipinski definition) is 2. The topological polar surface area (TPSA) is 99.6 Å². The molecule has 3 rings (SSSR count). The summed E-state index contributed by atoms with van der Waals surface area (Å²) in [7, 11) is 0. The van der Waals surface area contributed by atoms with Crippen LogP contribution in [0.3, 0.4) is 0 Å². The first-order chi connectivity index (χ1) is 13.3. The Kier molecular flexibility index (Phi) is 7.32. The maximum atomic E-state index is 12.5. The van der Waals surface area contributed by atoms with Crippen LogP contribution in [0.15, 0.2) is 27.6 Å². The lowest BCUT2D eigenvalue weighted by molar-refractivity contribution is -0.150. The lowest BCUT2D eigenvalue weighted by Gasteiger charge is -2.49. The Bertz CT molecular complexity index is 850. The zero-order valence-electron chi connectivity index (χ0n) is 13.9. The summed E-state index contributed by atoms with van der Waals surface area (Å²) < 4.78 is 0. The van der Waals surface area contributed by atoms with Crippen LogP contribution in [0.25, 0.3) is 0 Å². The second-order valence-corrected chi connectivity index (χ2v) is 10.1. The van der Waals surface area contributed by atoms with Crippen molar-refractivity contribution in [2.45, 2.75) is 16.3 Å². The molecular formula is C15H12Cl3N3O4S3. The number of carboxylic acid groups (broad SMARTS) is 1. The van der Waals surface area contributed by atoms with E-state index < -0.39 is 23.3 Å². The fourth-order valence-corrected chi connectivity index (χ4v) is 6.60. The molecule has 0 radical (unpaired) electrons. The Balaban J connectivity index is 1.61. The molecule has 2 atom stereocenters. The van der Waals surface area contributed by atoms with Gasteiger partial charge in [0.05, 0.1) is 11.0 Å². The molecular weight excluding hydrogens is 489 g/mol. The van der Waals surface area contributed by atoms with E-state index in [4.69, 9.17) is 34.8 Å². The van der Waals surface area contributed by atoms with Crippen molar-refractivity contribution in [3.63, 3.8) is 0 Å². The third-order valence-corrected chi connectivity index (χ3v) is 7.74. The van der Waals surface area contributed by atoms with Gasteiger partial charge in [-0.25, -0.2) is 9.78 Å². The molecule has 1 aromatic heterocycles. The highest BCUT2D eigenvalue weighted by atomic mass is 35.5. The number of aromatic nitrogens is 1. The number of fused-ring (bicyclic) bond motifs is 1. The number of nitrogens with one attached hydrogen (secondary N) is 1. The molecule has 13 heteroatoms. The number of carbonyl (C=O) groups excluding carboxylic acids is 2. The summed E-state index contributed by atoms with van der Waals surface area (Å²) in [5.41, 5.74) is -0.0552. The molecule has 0 bridgehead atoms. The number of nitrogens with zero attached hydrogens (tertiary/aromatic N) is 2. The molecule has 0 unspecified atom stereocenters. The second-order valence-electron chi connectivity index (χ2n) is 5.52. The largest absolute Gasteiger partial charge is 0.477 e. The summed E-state index contributed by atoms with van der Waals surface area (Å²) in [5, 5.41) is 12.3. The van der Waals surface area contributed by atoms with E-state index in [1.54, 1.807) is 12.1 Å². The van der Waals surface area contributed by atoms with E-state index in [0.717, 1.165) is 0 Å². The van der Waals surface area contributed by atoms with Gasteiger partial charge in [-0.1, -0.05) is 23.2 Å². The normalized spacial score (nSPS) is 21.2. The first-order valence-corrected chi connectivity index (χ1v) is 12.0. The van der Waals surface area contributed by atoms with Crippen molar-refractivity contribution < 1.29 is 19.5 Å². The molecule has 1 aromatic rings. The van der Waals surface area contributed by atoms with Crippen LogP contribution >= 0.6 is 70.1 Å². The van der Waals surface area contributed by atoms with Gasteiger partial charge in [0.1, 0.15) is 27.4 Å². The van der Waals surface area contributed by atoms with E-state index in [9.17, 15) is 19.5 Å². The lowest BCUT2D eigenvalue weighted by atomic mass is 10.1. The van der Waals surface area contributed by atoms with Crippen LogP contribution in [0.4, 0.5) is 0 Å². The van der Waals surface area contributed by atoms with Crippen molar-refractivity contribution in [1.29, 1.82) is 0 Å². The maximum absolute atomic E-state index is 12.5. The Labute approximate surface area is 187 Å². The number of alkyl halides is 1. The molecule has 0 saturated carbocycles. The van der Waals surface area contributed by atoms with E-state index in [-0.39, 0.29) is 32.9 Å². The van der Waals surface area contributed by atoms with E-state index in [1.165, 1.54) is 40.2 Å². The maximum Gasteiger partial charge on any atom is 0.353 e. The molecule has 7 nitrogen and oxygen atoms in total. The molecule has 2 aliphatic heterocycles. The van der Waals surface area contributed by atoms with Crippen molar-refractivity contribution in [3.05, 3.63) is 33.0 Å². The number of carboxylic acids is 1. The number of rotatable bonds is 7. The number of aliphatic carboxylic acids is 1. The van der Waals surface area contributed by atoms with Gasteiger partial charge in [0, 0.05) is 15.6 Å². The summed E-state index contributed by atoms with van der Waals surface area (Å²) in [5.74, 6) is -1.52. The zero-order valence-corrected chi connectivity index (χ0v) is 18.6. The quantitative estimate of drug-likeness (QED) is 0.255. The van der Waals surface area contributed by atoms with Gasteiger partial charge in [0.2, 0.25) is 5.91 Å². The minimum absolute atomic E-state index is 0.0484. The van der Waals surface area contributed by atoms with Gasteiger partial charge in [-0.15, -0.1) is 46.9 Å². The van der Waals surface area contributed by atoms with Crippen LogP contribution in [0.1, 0.15) is 0 Å². The number of hydrogen-bond acceptors (Lipinski definition) is 7. The number of amides is 2. The summed E-state index contributed by atoms with van der Waals surface area (Å²) in [6, 6.07) is 2.40. The van der Waals surface area contributed by atoms with E-state index in [1.807, 2.05) is 0 Å². The predicted octanol–water partition coefficient (Wildman–Crippen LogP) is 3.11. The van der Waals surface area contributed by atoms with Gasteiger partial charge >= 0.3 is 5.97 Å². The fraction of sp³-hybridized carbons (Fsp3) is 0.333. The van der Waals surface area contributed by atoms with Crippen molar-refractivity contribution in [2.24, 2.45) is 0 Å². The van der Waals surface area contributed by atoms with Crippen molar-refractivity contribution >= 4 is 87.9 Å². The number of β-lactam (4-membered cyclic amide) rings is 1. The number of pyridine rings is 1. The van der Waals surface area contributed by atoms with Gasteiger partial charge < -0.3 is 10.4 Å². The van der Waals surface area contributed by atoms with Gasteiger partial charge in [0.25, 0.3) is 5.91 Å². The third-order valence-electron chi connectivity index (χ3n) is 3.79. The van der Waals surface area contributed by atoms with Gasteiger partial charge in [-0.05, 0) is 12.1 Å². The first kappa shape index (κ1) is 21.9. The summed E-state index contributed by atoms with van der Waals surface area (Å²) in [6.45, 7) is 0. The lowest BCUT2D eigenvalue weighted by Crippen LogP contribution is -2.70. The molecule has 150 valence electrons. The predicted molar refractivity (Wildman–Crippen MR) is 113 cm³/mol. The van der Waals surface area contributed by atoms with Crippen LogP contribution in [-0.2, 0) is 14.4 Å². The molecule has 28 heavy (non-hydrogen) atoms. The Morgan fingerprint density at radius 3 is 2.61 bits per heavy atom. The van der Waals surface area contributed by atoms with Crippen molar-refractivity contribution in [1.82, 2.24) is 15.2 Å². The van der Waals surface area contributed by atoms with E-state index in [2.05, 4.69) is 10.3 Å². The molecule has 3 heterocycles. The highest BCUT2D eigenvalue weighted by molar-refractivity contribution is 8.07. The smallest absolute Gasteiger partial charge is 0.353 e. The molecule has 2 N–H and O–H groups in total. The fourth-order valence-electron chi connectivity index (χ4n) is 2.66.